The highest BCUT2D eigenvalue weighted by Gasteiger charge is 2.28. The normalized spacial score (nSPS) is 18.5. The summed E-state index contributed by atoms with van der Waals surface area (Å²) in [5, 5.41) is 2.79. The Bertz CT molecular complexity index is 1040. The van der Waals surface area contributed by atoms with E-state index in [1.165, 1.54) is 12.1 Å². The minimum atomic E-state index is -3.26. The first-order valence-electron chi connectivity index (χ1n) is 10.1. The van der Waals surface area contributed by atoms with Crippen LogP contribution in [0.1, 0.15) is 36.2 Å². The third-order valence-electron chi connectivity index (χ3n) is 5.19. The lowest BCUT2D eigenvalue weighted by molar-refractivity contribution is -0.115. The van der Waals surface area contributed by atoms with Gasteiger partial charge in [-0.2, -0.15) is 5.48 Å². The molecule has 1 saturated heterocycles. The third-order valence-corrected chi connectivity index (χ3v) is 6.94. The van der Waals surface area contributed by atoms with E-state index in [0.29, 0.717) is 23.2 Å². The number of carbonyl (C=O) groups excluding carboxylic acids is 2. The fourth-order valence-corrected chi connectivity index (χ4v) is 4.14. The third kappa shape index (κ3) is 5.69. The lowest BCUT2D eigenvalue weighted by atomic mass is 10.1. The van der Waals surface area contributed by atoms with Crippen LogP contribution in [-0.4, -0.2) is 50.2 Å². The zero-order chi connectivity index (χ0) is 22.6. The Kier molecular flexibility index (Phi) is 7.09. The Morgan fingerprint density at radius 3 is 2.32 bits per heavy atom. The van der Waals surface area contributed by atoms with Crippen LogP contribution in [0.15, 0.2) is 53.4 Å². The van der Waals surface area contributed by atoms with Crippen molar-refractivity contribution in [3.05, 3.63) is 59.7 Å². The first kappa shape index (κ1) is 22.9. The van der Waals surface area contributed by atoms with Crippen molar-refractivity contribution in [3.8, 4) is 0 Å². The van der Waals surface area contributed by atoms with Gasteiger partial charge in [-0.15, -0.1) is 0 Å². The molecular weight excluding hydrogens is 418 g/mol. The molecule has 166 valence electrons. The summed E-state index contributed by atoms with van der Waals surface area (Å²) in [5.41, 5.74) is 4.64. The van der Waals surface area contributed by atoms with Crippen molar-refractivity contribution in [1.29, 1.82) is 0 Å². The van der Waals surface area contributed by atoms with Crippen LogP contribution in [-0.2, 0) is 25.9 Å². The molecule has 2 N–H and O–H groups in total. The van der Waals surface area contributed by atoms with Crippen LogP contribution >= 0.6 is 0 Å². The largest absolute Gasteiger partial charge is 0.326 e. The van der Waals surface area contributed by atoms with Crippen LogP contribution in [0.25, 0.3) is 0 Å². The maximum absolute atomic E-state index is 12.6. The van der Waals surface area contributed by atoms with E-state index in [9.17, 15) is 18.0 Å². The van der Waals surface area contributed by atoms with Crippen LogP contribution in [0, 0.1) is 0 Å². The zero-order valence-corrected chi connectivity index (χ0v) is 18.6. The SMILES string of the molecule is CCS(=O)(=O)c1ccc(CC(=O)Nc2ccc(C(=O)N(C)C3CC(C)ON3)cc2)cc1. The van der Waals surface area contributed by atoms with Crippen molar-refractivity contribution in [1.82, 2.24) is 10.4 Å². The first-order valence-corrected chi connectivity index (χ1v) is 11.7. The minimum absolute atomic E-state index is 0.0329. The number of rotatable bonds is 7. The highest BCUT2D eigenvalue weighted by atomic mass is 32.2. The van der Waals surface area contributed by atoms with Crippen molar-refractivity contribution in [3.63, 3.8) is 0 Å². The molecule has 9 heteroatoms. The van der Waals surface area contributed by atoms with Crippen molar-refractivity contribution in [2.75, 3.05) is 18.1 Å². The van der Waals surface area contributed by atoms with Gasteiger partial charge in [0.25, 0.3) is 5.91 Å². The Balaban J connectivity index is 1.57. The molecular formula is C22H27N3O5S. The van der Waals surface area contributed by atoms with Gasteiger partial charge in [0, 0.05) is 24.7 Å². The van der Waals surface area contributed by atoms with E-state index in [1.54, 1.807) is 55.3 Å². The van der Waals surface area contributed by atoms with Gasteiger partial charge in [0.1, 0.15) is 6.17 Å². The second-order valence-electron chi connectivity index (χ2n) is 7.56. The number of hydrogen-bond acceptors (Lipinski definition) is 6. The van der Waals surface area contributed by atoms with Crippen LogP contribution in [0.2, 0.25) is 0 Å². The fourth-order valence-electron chi connectivity index (χ4n) is 3.26. The lowest BCUT2D eigenvalue weighted by Gasteiger charge is -2.23. The monoisotopic (exact) mass is 445 g/mol. The number of nitrogens with zero attached hydrogens (tertiary/aromatic N) is 1. The fraction of sp³-hybridized carbons (Fsp3) is 0.364. The van der Waals surface area contributed by atoms with Gasteiger partial charge in [-0.25, -0.2) is 8.42 Å². The maximum Gasteiger partial charge on any atom is 0.254 e. The molecule has 0 aliphatic carbocycles. The van der Waals surface area contributed by atoms with Gasteiger partial charge >= 0.3 is 0 Å². The molecule has 0 bridgehead atoms. The molecule has 2 aromatic rings. The van der Waals surface area contributed by atoms with Gasteiger partial charge in [0.15, 0.2) is 9.84 Å². The number of amides is 2. The molecule has 1 aliphatic rings. The highest BCUT2D eigenvalue weighted by molar-refractivity contribution is 7.91. The van der Waals surface area contributed by atoms with Crippen molar-refractivity contribution in [2.45, 2.75) is 43.9 Å². The predicted octanol–water partition coefficient (Wildman–Crippen LogP) is 2.37. The summed E-state index contributed by atoms with van der Waals surface area (Å²) in [6, 6.07) is 13.0. The smallest absolute Gasteiger partial charge is 0.254 e. The molecule has 31 heavy (non-hydrogen) atoms. The van der Waals surface area contributed by atoms with E-state index in [4.69, 9.17) is 4.84 Å². The maximum atomic E-state index is 12.6. The van der Waals surface area contributed by atoms with Crippen LogP contribution < -0.4 is 10.8 Å². The summed E-state index contributed by atoms with van der Waals surface area (Å²) in [6.07, 6.45) is 0.689. The van der Waals surface area contributed by atoms with E-state index in [1.807, 2.05) is 6.92 Å². The molecule has 2 amide bonds. The molecule has 0 spiro atoms. The standard InChI is InChI=1S/C22H27N3O5S/c1-4-31(28,29)19-11-5-16(6-12-19)14-21(26)23-18-9-7-17(8-10-18)22(27)25(3)20-13-15(2)30-24-20/h5-12,15,20,24H,4,13-14H2,1-3H3,(H,23,26). The van der Waals surface area contributed by atoms with Crippen molar-refractivity contribution in [2.24, 2.45) is 0 Å². The quantitative estimate of drug-likeness (QED) is 0.678. The molecule has 3 rings (SSSR count). The van der Waals surface area contributed by atoms with E-state index in [-0.39, 0.29) is 41.2 Å². The molecule has 8 nitrogen and oxygen atoms in total. The summed E-state index contributed by atoms with van der Waals surface area (Å²) >= 11 is 0. The molecule has 2 unspecified atom stereocenters. The van der Waals surface area contributed by atoms with Gasteiger partial charge in [-0.1, -0.05) is 19.1 Å². The van der Waals surface area contributed by atoms with Crippen LogP contribution in [0.3, 0.4) is 0 Å². The van der Waals surface area contributed by atoms with Crippen LogP contribution in [0.4, 0.5) is 5.69 Å². The number of anilines is 1. The molecule has 2 atom stereocenters. The average molecular weight is 446 g/mol. The number of carbonyl (C=O) groups is 2. The summed E-state index contributed by atoms with van der Waals surface area (Å²) < 4.78 is 23.7. The van der Waals surface area contributed by atoms with Gasteiger partial charge < -0.3 is 10.2 Å². The lowest BCUT2D eigenvalue weighted by Crippen LogP contribution is -2.42. The highest BCUT2D eigenvalue weighted by Crippen LogP contribution is 2.17. The summed E-state index contributed by atoms with van der Waals surface area (Å²) in [7, 11) is -1.54. The molecule has 0 radical (unpaired) electrons. The van der Waals surface area contributed by atoms with Gasteiger partial charge in [0.2, 0.25) is 5.91 Å². The number of hydroxylamine groups is 1. The van der Waals surface area contributed by atoms with E-state index < -0.39 is 9.84 Å². The Morgan fingerprint density at radius 1 is 1.13 bits per heavy atom. The summed E-state index contributed by atoms with van der Waals surface area (Å²) in [5.74, 6) is -0.343. The summed E-state index contributed by atoms with van der Waals surface area (Å²) in [6.45, 7) is 3.53. The topological polar surface area (TPSA) is 105 Å². The minimum Gasteiger partial charge on any atom is -0.326 e. The van der Waals surface area contributed by atoms with Crippen molar-refractivity contribution < 1.29 is 22.8 Å². The van der Waals surface area contributed by atoms with Crippen molar-refractivity contribution >= 4 is 27.3 Å². The molecule has 1 aliphatic heterocycles. The second-order valence-corrected chi connectivity index (χ2v) is 9.84. The molecule has 2 aromatic carbocycles. The van der Waals surface area contributed by atoms with Crippen LogP contribution in [0.5, 0.6) is 0 Å². The average Bonchev–Trinajstić information content (AvgIpc) is 3.20. The number of hydrogen-bond donors (Lipinski definition) is 2. The predicted molar refractivity (Wildman–Crippen MR) is 117 cm³/mol. The van der Waals surface area contributed by atoms with E-state index >= 15 is 0 Å². The Hall–Kier alpha value is -2.75. The molecule has 1 heterocycles. The number of benzene rings is 2. The number of sulfone groups is 1. The Labute approximate surface area is 182 Å². The first-order chi connectivity index (χ1) is 14.7. The zero-order valence-electron chi connectivity index (χ0n) is 17.8. The molecule has 1 fully saturated rings. The van der Waals surface area contributed by atoms with E-state index in [2.05, 4.69) is 10.8 Å². The van der Waals surface area contributed by atoms with E-state index in [0.717, 1.165) is 0 Å². The number of nitrogens with one attached hydrogen (secondary N) is 2. The molecule has 0 aromatic heterocycles. The summed E-state index contributed by atoms with van der Waals surface area (Å²) in [4.78, 5) is 32.1. The Morgan fingerprint density at radius 2 is 1.77 bits per heavy atom. The second kappa shape index (κ2) is 9.59. The van der Waals surface area contributed by atoms with Gasteiger partial charge in [-0.3, -0.25) is 14.4 Å². The van der Waals surface area contributed by atoms with Gasteiger partial charge in [-0.05, 0) is 48.9 Å². The molecule has 0 saturated carbocycles. The van der Waals surface area contributed by atoms with Gasteiger partial charge in [0.05, 0.1) is 23.2 Å².